The van der Waals surface area contributed by atoms with Gasteiger partial charge in [-0.3, -0.25) is 19.3 Å². The molecule has 2 aliphatic rings. The van der Waals surface area contributed by atoms with E-state index >= 15 is 0 Å². The first kappa shape index (κ1) is 23.6. The topological polar surface area (TPSA) is 60.9 Å². The minimum Gasteiger partial charge on any atom is -0.368 e. The Balaban J connectivity index is 1.24. The van der Waals surface area contributed by atoms with E-state index in [1.54, 1.807) is 59.5 Å². The molecule has 6 nitrogen and oxygen atoms in total. The summed E-state index contributed by atoms with van der Waals surface area (Å²) in [6.07, 6.45) is -4.41. The second kappa shape index (κ2) is 9.14. The Bertz CT molecular complexity index is 1310. The zero-order valence-corrected chi connectivity index (χ0v) is 19.2. The minimum absolute atomic E-state index is 0.0524. The molecule has 0 radical (unpaired) electrons. The van der Waals surface area contributed by atoms with E-state index in [4.69, 9.17) is 0 Å². The smallest absolute Gasteiger partial charge is 0.368 e. The number of rotatable bonds is 4. The number of benzene rings is 3. The molecular weight excluding hydrogens is 471 g/mol. The van der Waals surface area contributed by atoms with Gasteiger partial charge in [-0.25, -0.2) is 0 Å². The first-order valence-electron chi connectivity index (χ1n) is 11.5. The Labute approximate surface area is 205 Å². The van der Waals surface area contributed by atoms with Gasteiger partial charge in [-0.15, -0.1) is 0 Å². The zero-order valence-electron chi connectivity index (χ0n) is 19.2. The lowest BCUT2D eigenvalue weighted by molar-refractivity contribution is -0.137. The number of carbonyl (C=O) groups is 3. The molecule has 2 heterocycles. The molecule has 1 saturated heterocycles. The van der Waals surface area contributed by atoms with Crippen molar-refractivity contribution in [1.82, 2.24) is 9.80 Å². The molecule has 1 fully saturated rings. The van der Waals surface area contributed by atoms with Crippen LogP contribution in [0.25, 0.3) is 0 Å². The van der Waals surface area contributed by atoms with Crippen molar-refractivity contribution in [3.8, 4) is 0 Å². The number of nitrogens with zero attached hydrogens (tertiary/aromatic N) is 3. The van der Waals surface area contributed by atoms with Gasteiger partial charge in [-0.1, -0.05) is 30.3 Å². The second-order valence-electron chi connectivity index (χ2n) is 8.77. The molecule has 3 aromatic rings. The molecular formula is C27H22F3N3O3. The third kappa shape index (κ3) is 4.44. The van der Waals surface area contributed by atoms with Gasteiger partial charge in [-0.05, 0) is 48.0 Å². The number of anilines is 1. The molecule has 0 spiro atoms. The third-order valence-electron chi connectivity index (χ3n) is 6.50. The molecule has 0 saturated carbocycles. The number of fused-ring (bicyclic) bond motifs is 1. The summed E-state index contributed by atoms with van der Waals surface area (Å²) in [5.74, 6) is -0.931. The maximum Gasteiger partial charge on any atom is 0.416 e. The molecule has 2 aliphatic heterocycles. The van der Waals surface area contributed by atoms with Crippen molar-refractivity contribution in [2.24, 2.45) is 0 Å². The highest BCUT2D eigenvalue weighted by molar-refractivity contribution is 6.21. The molecule has 184 valence electrons. The first-order valence-corrected chi connectivity index (χ1v) is 11.5. The van der Waals surface area contributed by atoms with E-state index < -0.39 is 11.7 Å². The number of halogens is 3. The summed E-state index contributed by atoms with van der Waals surface area (Å²) in [4.78, 5) is 43.1. The van der Waals surface area contributed by atoms with Gasteiger partial charge >= 0.3 is 6.18 Å². The van der Waals surface area contributed by atoms with E-state index in [0.29, 0.717) is 54.1 Å². The second-order valence-corrected chi connectivity index (χ2v) is 8.77. The fourth-order valence-electron chi connectivity index (χ4n) is 4.60. The highest BCUT2D eigenvalue weighted by Gasteiger charge is 2.35. The van der Waals surface area contributed by atoms with Gasteiger partial charge in [0.1, 0.15) is 0 Å². The molecule has 0 N–H and O–H groups in total. The van der Waals surface area contributed by atoms with Crippen LogP contribution in [-0.2, 0) is 12.7 Å². The lowest BCUT2D eigenvalue weighted by Gasteiger charge is -2.36. The van der Waals surface area contributed by atoms with Crippen LogP contribution < -0.4 is 4.90 Å². The summed E-state index contributed by atoms with van der Waals surface area (Å²) in [5.41, 5.74) is 1.59. The van der Waals surface area contributed by atoms with Crippen LogP contribution in [0.2, 0.25) is 0 Å². The molecule has 0 aromatic heterocycles. The van der Waals surface area contributed by atoms with Gasteiger partial charge in [0, 0.05) is 37.4 Å². The SMILES string of the molecule is O=C(c1cccc(CN2C(=O)c3ccccc3C2=O)c1)N1CCN(c2cccc(C(F)(F)F)c2)CC1. The van der Waals surface area contributed by atoms with E-state index in [1.165, 1.54) is 11.0 Å². The number of imide groups is 1. The fraction of sp³-hybridized carbons (Fsp3) is 0.222. The average Bonchev–Trinajstić information content (AvgIpc) is 3.13. The molecule has 3 amide bonds. The number of amides is 3. The van der Waals surface area contributed by atoms with E-state index in [0.717, 1.165) is 12.1 Å². The number of hydrogen-bond donors (Lipinski definition) is 0. The number of piperazine rings is 1. The van der Waals surface area contributed by atoms with Crippen molar-refractivity contribution in [2.45, 2.75) is 12.7 Å². The van der Waals surface area contributed by atoms with Gasteiger partial charge in [0.2, 0.25) is 0 Å². The van der Waals surface area contributed by atoms with Crippen LogP contribution in [0, 0.1) is 0 Å². The first-order chi connectivity index (χ1) is 17.2. The van der Waals surface area contributed by atoms with Crippen LogP contribution in [-0.4, -0.2) is 53.7 Å². The van der Waals surface area contributed by atoms with E-state index in [2.05, 4.69) is 0 Å². The van der Waals surface area contributed by atoms with Crippen LogP contribution in [0.4, 0.5) is 18.9 Å². The van der Waals surface area contributed by atoms with Crippen molar-refractivity contribution >= 4 is 23.4 Å². The van der Waals surface area contributed by atoms with Gasteiger partial charge in [0.25, 0.3) is 17.7 Å². The Hall–Kier alpha value is -4.14. The van der Waals surface area contributed by atoms with E-state index in [9.17, 15) is 27.6 Å². The number of carbonyl (C=O) groups excluding carboxylic acids is 3. The van der Waals surface area contributed by atoms with Gasteiger partial charge < -0.3 is 9.80 Å². The molecule has 5 rings (SSSR count). The van der Waals surface area contributed by atoms with E-state index in [1.807, 2.05) is 4.90 Å². The maximum absolute atomic E-state index is 13.1. The maximum atomic E-state index is 13.1. The highest BCUT2D eigenvalue weighted by atomic mass is 19.4. The molecule has 3 aromatic carbocycles. The lowest BCUT2D eigenvalue weighted by Crippen LogP contribution is -2.48. The van der Waals surface area contributed by atoms with Crippen LogP contribution in [0.1, 0.15) is 42.2 Å². The van der Waals surface area contributed by atoms with Crippen molar-refractivity contribution < 1.29 is 27.6 Å². The average molecular weight is 493 g/mol. The van der Waals surface area contributed by atoms with Crippen LogP contribution in [0.15, 0.2) is 72.8 Å². The highest BCUT2D eigenvalue weighted by Crippen LogP contribution is 2.32. The number of alkyl halides is 3. The minimum atomic E-state index is -4.41. The predicted molar refractivity (Wildman–Crippen MR) is 127 cm³/mol. The van der Waals surface area contributed by atoms with Gasteiger partial charge in [-0.2, -0.15) is 13.2 Å². The molecule has 0 atom stereocenters. The summed E-state index contributed by atoms with van der Waals surface area (Å²) >= 11 is 0. The van der Waals surface area contributed by atoms with Gasteiger partial charge in [0.05, 0.1) is 23.2 Å². The summed E-state index contributed by atoms with van der Waals surface area (Å²) in [5, 5.41) is 0. The normalized spacial score (nSPS) is 15.9. The Morgan fingerprint density at radius 3 is 2.06 bits per heavy atom. The van der Waals surface area contributed by atoms with Crippen molar-refractivity contribution in [2.75, 3.05) is 31.1 Å². The summed E-state index contributed by atoms with van der Waals surface area (Å²) in [7, 11) is 0. The summed E-state index contributed by atoms with van der Waals surface area (Å²) in [6.45, 7) is 1.58. The Morgan fingerprint density at radius 2 is 1.42 bits per heavy atom. The lowest BCUT2D eigenvalue weighted by atomic mass is 10.1. The monoisotopic (exact) mass is 493 g/mol. The van der Waals surface area contributed by atoms with Gasteiger partial charge in [0.15, 0.2) is 0 Å². The standard InChI is InChI=1S/C27H22F3N3O3/c28-27(29,30)20-7-4-8-21(16-20)31-11-13-32(14-12-31)24(34)19-6-3-5-18(15-19)17-33-25(35)22-9-1-2-10-23(22)26(33)36/h1-10,15-16H,11-14,17H2. The molecule has 9 heteroatoms. The third-order valence-corrected chi connectivity index (χ3v) is 6.50. The Morgan fingerprint density at radius 1 is 0.778 bits per heavy atom. The van der Waals surface area contributed by atoms with Crippen molar-refractivity contribution in [3.63, 3.8) is 0 Å². The van der Waals surface area contributed by atoms with Crippen molar-refractivity contribution in [3.05, 3.63) is 101 Å². The Kier molecular flexibility index (Phi) is 5.99. The molecule has 0 bridgehead atoms. The van der Waals surface area contributed by atoms with Crippen LogP contribution >= 0.6 is 0 Å². The van der Waals surface area contributed by atoms with E-state index in [-0.39, 0.29) is 24.3 Å². The molecule has 0 aliphatic carbocycles. The van der Waals surface area contributed by atoms with Crippen molar-refractivity contribution in [1.29, 1.82) is 0 Å². The largest absolute Gasteiger partial charge is 0.416 e. The summed E-state index contributed by atoms with van der Waals surface area (Å²) in [6, 6.07) is 18.6. The molecule has 0 unspecified atom stereocenters. The zero-order chi connectivity index (χ0) is 25.4. The van der Waals surface area contributed by atoms with Crippen LogP contribution in [0.3, 0.4) is 0 Å². The quantitative estimate of drug-likeness (QED) is 0.504. The predicted octanol–water partition coefficient (Wildman–Crippen LogP) is 4.46. The summed E-state index contributed by atoms with van der Waals surface area (Å²) < 4.78 is 39.2. The van der Waals surface area contributed by atoms with Crippen LogP contribution in [0.5, 0.6) is 0 Å². The fourth-order valence-corrected chi connectivity index (χ4v) is 4.60. The molecule has 36 heavy (non-hydrogen) atoms. The number of hydrogen-bond acceptors (Lipinski definition) is 4.